The molecule has 3 atom stereocenters. The molecule has 0 fully saturated rings. The van der Waals surface area contributed by atoms with E-state index in [0.717, 1.165) is 13.0 Å². The van der Waals surface area contributed by atoms with E-state index in [1.807, 2.05) is 0 Å². The molecule has 0 aliphatic carbocycles. The number of alkyl halides is 3. The minimum Gasteiger partial charge on any atom is -0.385 e. The van der Waals surface area contributed by atoms with Crippen molar-refractivity contribution >= 4 is 5.84 Å². The van der Waals surface area contributed by atoms with Gasteiger partial charge < -0.3 is 10.5 Å². The fraction of sp³-hybridized carbons (Fsp3) is 0.462. The zero-order valence-electron chi connectivity index (χ0n) is 10.9. The number of hydrogen-bond acceptors (Lipinski definition) is 3. The number of nitrogens with two attached hydrogens (primary N) is 1. The average molecular weight is 290 g/mol. The molecule has 0 amide bonds. The van der Waals surface area contributed by atoms with E-state index in [4.69, 9.17) is 10.5 Å². The molecular weight excluding hydrogens is 276 g/mol. The molecule has 0 aromatic heterocycles. The summed E-state index contributed by atoms with van der Waals surface area (Å²) >= 11 is 0. The highest BCUT2D eigenvalue weighted by Gasteiger charge is 2.59. The Balaban J connectivity index is 2.47. The van der Waals surface area contributed by atoms with Crippen LogP contribution in [0.2, 0.25) is 0 Å². The summed E-state index contributed by atoms with van der Waals surface area (Å²) in [5.74, 6) is -1.28. The second-order valence-electron chi connectivity index (χ2n) is 4.85. The third kappa shape index (κ3) is 2.26. The first-order chi connectivity index (χ1) is 9.17. The van der Waals surface area contributed by atoms with E-state index in [2.05, 4.69) is 4.99 Å². The summed E-state index contributed by atoms with van der Waals surface area (Å²) in [5.41, 5.74) is 2.70. The number of hydrogen-bond donors (Lipinski definition) is 1. The van der Waals surface area contributed by atoms with Gasteiger partial charge in [-0.25, -0.2) is 4.39 Å². The van der Waals surface area contributed by atoms with E-state index in [9.17, 15) is 17.6 Å². The molecule has 0 radical (unpaired) electrons. The third-order valence-electron chi connectivity index (χ3n) is 3.38. The van der Waals surface area contributed by atoms with Crippen LogP contribution in [0.15, 0.2) is 29.3 Å². The predicted octanol–water partition coefficient (Wildman–Crippen LogP) is 2.96. The van der Waals surface area contributed by atoms with Crippen LogP contribution >= 0.6 is 0 Å². The number of aliphatic imine (C=N–C) groups is 1. The van der Waals surface area contributed by atoms with Crippen LogP contribution in [0, 0.1) is 5.82 Å². The summed E-state index contributed by atoms with van der Waals surface area (Å²) in [6.45, 7) is 2.32. The van der Waals surface area contributed by atoms with Crippen LogP contribution < -0.4 is 5.73 Å². The lowest BCUT2D eigenvalue weighted by molar-refractivity contribution is -0.261. The maximum atomic E-state index is 13.8. The van der Waals surface area contributed by atoms with E-state index in [1.54, 1.807) is 0 Å². The topological polar surface area (TPSA) is 47.6 Å². The average Bonchev–Trinajstić information content (AvgIpc) is 2.33. The molecule has 1 aromatic carbocycles. The molecule has 1 aromatic rings. The van der Waals surface area contributed by atoms with Crippen molar-refractivity contribution in [1.82, 2.24) is 0 Å². The van der Waals surface area contributed by atoms with Gasteiger partial charge in [-0.15, -0.1) is 0 Å². The van der Waals surface area contributed by atoms with Crippen molar-refractivity contribution in [1.29, 1.82) is 0 Å². The van der Waals surface area contributed by atoms with Gasteiger partial charge in [0.05, 0.1) is 6.04 Å². The fourth-order valence-corrected chi connectivity index (χ4v) is 2.06. The first kappa shape index (κ1) is 14.8. The van der Waals surface area contributed by atoms with Crippen LogP contribution in [-0.4, -0.2) is 23.7 Å². The van der Waals surface area contributed by atoms with Gasteiger partial charge in [0.25, 0.3) is 0 Å². The van der Waals surface area contributed by atoms with Crippen LogP contribution in [0.4, 0.5) is 17.6 Å². The molecule has 2 N–H and O–H groups in total. The molecule has 110 valence electrons. The van der Waals surface area contributed by atoms with Crippen molar-refractivity contribution in [2.24, 2.45) is 10.7 Å². The van der Waals surface area contributed by atoms with Gasteiger partial charge in [0, 0.05) is 5.56 Å². The molecule has 0 bridgehead atoms. The number of nitrogens with zero attached hydrogens (tertiary/aromatic N) is 1. The van der Waals surface area contributed by atoms with Gasteiger partial charge in [0.2, 0.25) is 5.60 Å². The smallest absolute Gasteiger partial charge is 0.385 e. The van der Waals surface area contributed by atoms with E-state index >= 15 is 0 Å². The zero-order chi connectivity index (χ0) is 15.1. The second-order valence-corrected chi connectivity index (χ2v) is 4.85. The number of halogens is 4. The van der Waals surface area contributed by atoms with E-state index in [-0.39, 0.29) is 5.56 Å². The summed E-state index contributed by atoms with van der Waals surface area (Å²) in [4.78, 5) is 3.78. The van der Waals surface area contributed by atoms with Gasteiger partial charge >= 0.3 is 6.18 Å². The van der Waals surface area contributed by atoms with Crippen molar-refractivity contribution in [2.75, 3.05) is 0 Å². The highest BCUT2D eigenvalue weighted by Crippen LogP contribution is 2.42. The van der Waals surface area contributed by atoms with Gasteiger partial charge in [-0.2, -0.15) is 13.2 Å². The van der Waals surface area contributed by atoms with Gasteiger partial charge in [-0.3, -0.25) is 4.99 Å². The third-order valence-corrected chi connectivity index (χ3v) is 3.38. The first-order valence-electron chi connectivity index (χ1n) is 5.99. The highest BCUT2D eigenvalue weighted by atomic mass is 19.4. The molecule has 1 heterocycles. The molecule has 0 spiro atoms. The normalized spacial score (nSPS) is 31.0. The Labute approximate surface area is 113 Å². The Morgan fingerprint density at radius 2 is 1.90 bits per heavy atom. The number of rotatable bonds is 1. The summed E-state index contributed by atoms with van der Waals surface area (Å²) in [7, 11) is 0. The lowest BCUT2D eigenvalue weighted by atomic mass is 9.96. The SMILES string of the molecule is C[C@H]1N=C(N)[C@](C)(C(F)(F)F)OC1c1ccccc1F. The zero-order valence-corrected chi connectivity index (χ0v) is 10.9. The monoisotopic (exact) mass is 290 g/mol. The molecule has 1 unspecified atom stereocenters. The van der Waals surface area contributed by atoms with E-state index in [1.165, 1.54) is 25.1 Å². The summed E-state index contributed by atoms with van der Waals surface area (Å²) in [6, 6.07) is 4.82. The molecule has 0 saturated heterocycles. The molecule has 20 heavy (non-hydrogen) atoms. The highest BCUT2D eigenvalue weighted by molar-refractivity contribution is 5.90. The van der Waals surface area contributed by atoms with E-state index < -0.39 is 35.6 Å². The van der Waals surface area contributed by atoms with Crippen molar-refractivity contribution in [3.8, 4) is 0 Å². The fourth-order valence-electron chi connectivity index (χ4n) is 2.06. The summed E-state index contributed by atoms with van der Waals surface area (Å²) in [6.07, 6.45) is -5.88. The van der Waals surface area contributed by atoms with Crippen molar-refractivity contribution in [2.45, 2.75) is 37.8 Å². The maximum absolute atomic E-state index is 13.8. The lowest BCUT2D eigenvalue weighted by Gasteiger charge is -2.40. The first-order valence-corrected chi connectivity index (χ1v) is 5.99. The minimum absolute atomic E-state index is 0.0340. The van der Waals surface area contributed by atoms with Crippen LogP contribution in [-0.2, 0) is 4.74 Å². The Kier molecular flexibility index (Phi) is 3.49. The largest absolute Gasteiger partial charge is 0.424 e. The molecule has 3 nitrogen and oxygen atoms in total. The predicted molar refractivity (Wildman–Crippen MR) is 65.8 cm³/mol. The van der Waals surface area contributed by atoms with Gasteiger partial charge in [0.15, 0.2) is 0 Å². The van der Waals surface area contributed by atoms with Crippen LogP contribution in [0.3, 0.4) is 0 Å². The van der Waals surface area contributed by atoms with Crippen LogP contribution in [0.25, 0.3) is 0 Å². The van der Waals surface area contributed by atoms with Crippen molar-refractivity contribution < 1.29 is 22.3 Å². The van der Waals surface area contributed by atoms with Gasteiger partial charge in [0.1, 0.15) is 17.8 Å². The Morgan fingerprint density at radius 3 is 2.45 bits per heavy atom. The Hall–Kier alpha value is -1.63. The standard InChI is InChI=1S/C13H14F4N2O/c1-7-10(8-5-3-4-6-9(8)14)20-12(2,11(18)19-7)13(15,16)17/h3-7,10H,1-2H3,(H2,18,19)/t7-,10?,12-/m1/s1. The van der Waals surface area contributed by atoms with Crippen molar-refractivity contribution in [3.05, 3.63) is 35.6 Å². The van der Waals surface area contributed by atoms with Crippen LogP contribution in [0.5, 0.6) is 0 Å². The number of ether oxygens (including phenoxy) is 1. The lowest BCUT2D eigenvalue weighted by Crippen LogP contribution is -2.59. The Morgan fingerprint density at radius 1 is 1.30 bits per heavy atom. The van der Waals surface area contributed by atoms with Gasteiger partial charge in [-0.1, -0.05) is 18.2 Å². The van der Waals surface area contributed by atoms with Gasteiger partial charge in [-0.05, 0) is 19.9 Å². The molecule has 1 aliphatic heterocycles. The molecule has 7 heteroatoms. The summed E-state index contributed by atoms with van der Waals surface area (Å²) < 4.78 is 58.2. The quantitative estimate of drug-likeness (QED) is 0.808. The maximum Gasteiger partial charge on any atom is 0.424 e. The van der Waals surface area contributed by atoms with E-state index in [0.29, 0.717) is 0 Å². The number of benzene rings is 1. The molecular formula is C13H14F4N2O. The molecule has 0 saturated carbocycles. The Bertz CT molecular complexity index is 543. The number of amidine groups is 1. The molecule has 2 rings (SSSR count). The van der Waals surface area contributed by atoms with Crippen LogP contribution in [0.1, 0.15) is 25.5 Å². The van der Waals surface area contributed by atoms with Crippen molar-refractivity contribution in [3.63, 3.8) is 0 Å². The molecule has 1 aliphatic rings. The minimum atomic E-state index is -4.73. The summed E-state index contributed by atoms with van der Waals surface area (Å²) in [5, 5.41) is 0. The second kappa shape index (κ2) is 4.73.